The number of carbonyl (C=O) groups excluding carboxylic acids is 3. The molecule has 2 aliphatic rings. The molecule has 0 fully saturated rings. The van der Waals surface area contributed by atoms with Gasteiger partial charge in [-0.3, -0.25) is 19.3 Å². The molecular weight excluding hydrogens is 330 g/mol. The standard InChI is InChI=1S/C21H17NO4/c23-19-10-11-20(24)22(19)17-13-18(16-9-5-4-8-15(16)17)26-21(25)12-14-6-2-1-3-7-14/h1-11,17-18H,12-13H2/t17-,18-/m0/s1. The van der Waals surface area contributed by atoms with Crippen LogP contribution in [0.15, 0.2) is 66.7 Å². The number of amides is 2. The molecule has 1 heterocycles. The number of esters is 1. The van der Waals surface area contributed by atoms with Gasteiger partial charge in [-0.2, -0.15) is 0 Å². The van der Waals surface area contributed by atoms with Crippen molar-refractivity contribution < 1.29 is 19.1 Å². The van der Waals surface area contributed by atoms with Crippen molar-refractivity contribution in [2.45, 2.75) is 25.0 Å². The van der Waals surface area contributed by atoms with Crippen molar-refractivity contribution in [1.29, 1.82) is 0 Å². The van der Waals surface area contributed by atoms with E-state index in [0.717, 1.165) is 16.7 Å². The first-order valence-corrected chi connectivity index (χ1v) is 8.51. The fourth-order valence-electron chi connectivity index (χ4n) is 3.60. The summed E-state index contributed by atoms with van der Waals surface area (Å²) in [5, 5.41) is 0. The van der Waals surface area contributed by atoms with Gasteiger partial charge in [-0.25, -0.2) is 0 Å². The Morgan fingerprint density at radius 1 is 0.923 bits per heavy atom. The minimum atomic E-state index is -0.464. The number of nitrogens with zero attached hydrogens (tertiary/aromatic N) is 1. The minimum Gasteiger partial charge on any atom is -0.457 e. The van der Waals surface area contributed by atoms with Gasteiger partial charge in [0.15, 0.2) is 0 Å². The number of hydrogen-bond acceptors (Lipinski definition) is 4. The highest BCUT2D eigenvalue weighted by Gasteiger charge is 2.41. The van der Waals surface area contributed by atoms with Crippen molar-refractivity contribution in [3.8, 4) is 0 Å². The van der Waals surface area contributed by atoms with Crippen LogP contribution in [0.2, 0.25) is 0 Å². The summed E-state index contributed by atoms with van der Waals surface area (Å²) in [6.45, 7) is 0. The topological polar surface area (TPSA) is 63.7 Å². The summed E-state index contributed by atoms with van der Waals surface area (Å²) in [5.74, 6) is -0.981. The van der Waals surface area contributed by atoms with Gasteiger partial charge in [-0.15, -0.1) is 0 Å². The lowest BCUT2D eigenvalue weighted by Gasteiger charge is -2.23. The first-order chi connectivity index (χ1) is 12.6. The summed E-state index contributed by atoms with van der Waals surface area (Å²) < 4.78 is 5.69. The van der Waals surface area contributed by atoms with Gasteiger partial charge < -0.3 is 4.74 Å². The molecule has 0 aromatic heterocycles. The second kappa shape index (κ2) is 6.59. The van der Waals surface area contributed by atoms with E-state index in [9.17, 15) is 14.4 Å². The van der Waals surface area contributed by atoms with Crippen molar-refractivity contribution in [1.82, 2.24) is 4.90 Å². The molecule has 5 nitrogen and oxygen atoms in total. The summed E-state index contributed by atoms with van der Waals surface area (Å²) in [4.78, 5) is 37.7. The van der Waals surface area contributed by atoms with E-state index in [1.54, 1.807) is 0 Å². The average Bonchev–Trinajstić information content (AvgIpc) is 3.16. The van der Waals surface area contributed by atoms with Gasteiger partial charge in [0.05, 0.1) is 12.5 Å². The van der Waals surface area contributed by atoms with E-state index < -0.39 is 12.1 Å². The van der Waals surface area contributed by atoms with E-state index in [2.05, 4.69) is 0 Å². The smallest absolute Gasteiger partial charge is 0.310 e. The third-order valence-corrected chi connectivity index (χ3v) is 4.76. The first kappa shape index (κ1) is 16.3. The molecule has 26 heavy (non-hydrogen) atoms. The highest BCUT2D eigenvalue weighted by atomic mass is 16.5. The number of carbonyl (C=O) groups is 3. The zero-order chi connectivity index (χ0) is 18.1. The summed E-state index contributed by atoms with van der Waals surface area (Å²) in [6, 6.07) is 16.5. The van der Waals surface area contributed by atoms with E-state index in [1.807, 2.05) is 54.6 Å². The van der Waals surface area contributed by atoms with Gasteiger partial charge in [0, 0.05) is 18.6 Å². The van der Waals surface area contributed by atoms with Crippen molar-refractivity contribution in [3.63, 3.8) is 0 Å². The summed E-state index contributed by atoms with van der Waals surface area (Å²) in [6.07, 6.45) is 2.67. The first-order valence-electron chi connectivity index (χ1n) is 8.51. The van der Waals surface area contributed by atoms with Gasteiger partial charge in [0.1, 0.15) is 6.10 Å². The van der Waals surface area contributed by atoms with E-state index in [1.165, 1.54) is 17.1 Å². The van der Waals surface area contributed by atoms with Crippen LogP contribution in [0, 0.1) is 0 Å². The van der Waals surface area contributed by atoms with Crippen molar-refractivity contribution in [2.75, 3.05) is 0 Å². The molecule has 2 atom stereocenters. The van der Waals surface area contributed by atoms with Crippen molar-refractivity contribution in [2.24, 2.45) is 0 Å². The second-order valence-electron chi connectivity index (χ2n) is 6.40. The fourth-order valence-corrected chi connectivity index (χ4v) is 3.60. The van der Waals surface area contributed by atoms with Crippen LogP contribution >= 0.6 is 0 Å². The van der Waals surface area contributed by atoms with Crippen LogP contribution in [-0.2, 0) is 25.5 Å². The molecule has 2 aromatic rings. The lowest BCUT2D eigenvalue weighted by Crippen LogP contribution is -2.33. The van der Waals surface area contributed by atoms with E-state index >= 15 is 0 Å². The summed E-state index contributed by atoms with van der Waals surface area (Å²) in [5.41, 5.74) is 2.59. The molecular formula is C21H17NO4. The molecule has 0 spiro atoms. The van der Waals surface area contributed by atoms with E-state index in [-0.39, 0.29) is 24.2 Å². The maximum Gasteiger partial charge on any atom is 0.310 e. The van der Waals surface area contributed by atoms with Gasteiger partial charge in [0.25, 0.3) is 11.8 Å². The number of ether oxygens (including phenoxy) is 1. The molecule has 0 saturated carbocycles. The van der Waals surface area contributed by atoms with Gasteiger partial charge in [-0.1, -0.05) is 54.6 Å². The summed E-state index contributed by atoms with van der Waals surface area (Å²) >= 11 is 0. The highest BCUT2D eigenvalue weighted by Crippen LogP contribution is 2.45. The van der Waals surface area contributed by atoms with Crippen LogP contribution in [0.3, 0.4) is 0 Å². The molecule has 5 heteroatoms. The lowest BCUT2D eigenvalue weighted by molar-refractivity contribution is -0.149. The lowest BCUT2D eigenvalue weighted by atomic mass is 10.1. The van der Waals surface area contributed by atoms with Gasteiger partial charge in [0.2, 0.25) is 0 Å². The Hall–Kier alpha value is -3.21. The third-order valence-electron chi connectivity index (χ3n) is 4.76. The molecule has 1 aliphatic heterocycles. The highest BCUT2D eigenvalue weighted by molar-refractivity contribution is 6.13. The molecule has 0 radical (unpaired) electrons. The quantitative estimate of drug-likeness (QED) is 0.630. The number of fused-ring (bicyclic) bond motifs is 1. The molecule has 1 aliphatic carbocycles. The number of benzene rings is 2. The molecule has 2 aromatic carbocycles. The SMILES string of the molecule is O=C(Cc1ccccc1)O[C@H]1C[C@H](N2C(=O)C=CC2=O)c2ccccc21. The van der Waals surface area contributed by atoms with Crippen LogP contribution in [0.5, 0.6) is 0 Å². The molecule has 0 bridgehead atoms. The van der Waals surface area contributed by atoms with Crippen LogP contribution in [0.1, 0.15) is 35.3 Å². The van der Waals surface area contributed by atoms with Crippen molar-refractivity contribution >= 4 is 17.8 Å². The van der Waals surface area contributed by atoms with E-state index in [4.69, 9.17) is 4.74 Å². The average molecular weight is 347 g/mol. The Morgan fingerprint density at radius 2 is 1.54 bits per heavy atom. The monoisotopic (exact) mass is 347 g/mol. The minimum absolute atomic E-state index is 0.188. The van der Waals surface area contributed by atoms with Crippen LogP contribution < -0.4 is 0 Å². The Morgan fingerprint density at radius 3 is 2.23 bits per heavy atom. The van der Waals surface area contributed by atoms with Crippen LogP contribution in [-0.4, -0.2) is 22.7 Å². The van der Waals surface area contributed by atoms with Crippen LogP contribution in [0.4, 0.5) is 0 Å². The number of imide groups is 1. The second-order valence-corrected chi connectivity index (χ2v) is 6.40. The third kappa shape index (κ3) is 2.92. The normalized spacial score (nSPS) is 21.2. The Labute approximate surface area is 150 Å². The fraction of sp³-hybridized carbons (Fsp3) is 0.190. The maximum atomic E-state index is 12.4. The molecule has 0 saturated heterocycles. The van der Waals surface area contributed by atoms with Gasteiger partial charge in [-0.05, 0) is 16.7 Å². The number of hydrogen-bond donors (Lipinski definition) is 0. The molecule has 0 N–H and O–H groups in total. The number of rotatable bonds is 4. The molecule has 0 unspecified atom stereocenters. The largest absolute Gasteiger partial charge is 0.457 e. The molecule has 4 rings (SSSR count). The van der Waals surface area contributed by atoms with Gasteiger partial charge >= 0.3 is 5.97 Å². The molecule has 2 amide bonds. The Bertz CT molecular complexity index is 885. The predicted molar refractivity (Wildman–Crippen MR) is 93.8 cm³/mol. The van der Waals surface area contributed by atoms with Crippen LogP contribution in [0.25, 0.3) is 0 Å². The Kier molecular flexibility index (Phi) is 4.13. The predicted octanol–water partition coefficient (Wildman–Crippen LogP) is 2.88. The zero-order valence-electron chi connectivity index (χ0n) is 14.0. The van der Waals surface area contributed by atoms with Crippen molar-refractivity contribution in [3.05, 3.63) is 83.4 Å². The Balaban J connectivity index is 1.54. The zero-order valence-corrected chi connectivity index (χ0v) is 14.0. The summed E-state index contributed by atoms with van der Waals surface area (Å²) in [7, 11) is 0. The molecule has 130 valence electrons. The maximum absolute atomic E-state index is 12.4. The van der Waals surface area contributed by atoms with E-state index in [0.29, 0.717) is 6.42 Å².